The highest BCUT2D eigenvalue weighted by molar-refractivity contribution is 5.92. The number of nitrogens with one attached hydrogen (secondary N) is 1. The van der Waals surface area contributed by atoms with Crippen LogP contribution in [-0.4, -0.2) is 22.1 Å². The van der Waals surface area contributed by atoms with Crippen LogP contribution in [0.25, 0.3) is 0 Å². The molecule has 1 heterocycles. The molecule has 1 amide bonds. The number of carbonyl (C=O) groups is 2. The van der Waals surface area contributed by atoms with Crippen molar-refractivity contribution in [2.75, 3.05) is 5.32 Å². The summed E-state index contributed by atoms with van der Waals surface area (Å²) in [4.78, 5) is 21.9. The molecule has 0 saturated heterocycles. The molecule has 0 aromatic heterocycles. The van der Waals surface area contributed by atoms with E-state index in [1.165, 1.54) is 0 Å². The van der Waals surface area contributed by atoms with Crippen molar-refractivity contribution >= 4 is 17.6 Å². The number of aliphatic hydroxyl groups is 1. The van der Waals surface area contributed by atoms with Gasteiger partial charge in [0.05, 0.1) is 6.10 Å². The van der Waals surface area contributed by atoms with Crippen molar-refractivity contribution < 1.29 is 19.8 Å². The Kier molecular flexibility index (Phi) is 5.33. The molecule has 1 atom stereocenters. The SMILES string of the molecule is O=C(O)CCCCC(O)c1ccc2c(c1)CCCC(=O)N2. The summed E-state index contributed by atoms with van der Waals surface area (Å²) in [7, 11) is 0. The summed E-state index contributed by atoms with van der Waals surface area (Å²) in [5, 5.41) is 21.6. The third-order valence-corrected chi connectivity index (χ3v) is 3.76. The smallest absolute Gasteiger partial charge is 0.303 e. The highest BCUT2D eigenvalue weighted by Gasteiger charge is 2.15. The normalized spacial score (nSPS) is 15.8. The van der Waals surface area contributed by atoms with Gasteiger partial charge in [0.25, 0.3) is 0 Å². The van der Waals surface area contributed by atoms with Crippen molar-refractivity contribution in [2.45, 2.75) is 51.0 Å². The van der Waals surface area contributed by atoms with Gasteiger partial charge >= 0.3 is 5.97 Å². The predicted octanol–water partition coefficient (Wildman–Crippen LogP) is 2.64. The van der Waals surface area contributed by atoms with E-state index >= 15 is 0 Å². The van der Waals surface area contributed by atoms with Crippen LogP contribution >= 0.6 is 0 Å². The highest BCUT2D eigenvalue weighted by Crippen LogP contribution is 2.27. The van der Waals surface area contributed by atoms with Crippen LogP contribution in [0.3, 0.4) is 0 Å². The number of carboxylic acid groups (broad SMARTS) is 1. The Bertz CT molecular complexity index is 527. The number of fused-ring (bicyclic) bond motifs is 1. The Balaban J connectivity index is 1.95. The molecule has 0 bridgehead atoms. The lowest BCUT2D eigenvalue weighted by Gasteiger charge is -2.14. The van der Waals surface area contributed by atoms with Crippen molar-refractivity contribution in [3.05, 3.63) is 29.3 Å². The quantitative estimate of drug-likeness (QED) is 0.703. The summed E-state index contributed by atoms with van der Waals surface area (Å²) in [6, 6.07) is 5.61. The fraction of sp³-hybridized carbons (Fsp3) is 0.500. The number of anilines is 1. The van der Waals surface area contributed by atoms with Crippen LogP contribution in [0.1, 0.15) is 55.8 Å². The number of aliphatic hydroxyl groups excluding tert-OH is 1. The van der Waals surface area contributed by atoms with Crippen molar-refractivity contribution in [1.29, 1.82) is 0 Å². The maximum absolute atomic E-state index is 11.5. The number of unbranched alkanes of at least 4 members (excludes halogenated alkanes) is 1. The molecule has 2 rings (SSSR count). The Morgan fingerprint density at radius 1 is 1.29 bits per heavy atom. The minimum atomic E-state index is -0.801. The second-order valence-corrected chi connectivity index (χ2v) is 5.47. The first-order valence-corrected chi connectivity index (χ1v) is 7.39. The molecule has 21 heavy (non-hydrogen) atoms. The number of rotatable bonds is 6. The zero-order chi connectivity index (χ0) is 15.2. The number of aryl methyl sites for hydroxylation is 1. The van der Waals surface area contributed by atoms with E-state index in [4.69, 9.17) is 5.11 Å². The molecule has 5 nitrogen and oxygen atoms in total. The van der Waals surface area contributed by atoms with Gasteiger partial charge in [0, 0.05) is 18.5 Å². The largest absolute Gasteiger partial charge is 0.481 e. The molecule has 3 N–H and O–H groups in total. The summed E-state index contributed by atoms with van der Waals surface area (Å²) < 4.78 is 0. The van der Waals surface area contributed by atoms with Gasteiger partial charge in [-0.3, -0.25) is 9.59 Å². The first-order valence-electron chi connectivity index (χ1n) is 7.39. The average molecular weight is 291 g/mol. The monoisotopic (exact) mass is 291 g/mol. The van der Waals surface area contributed by atoms with E-state index in [1.807, 2.05) is 18.2 Å². The molecule has 0 saturated carbocycles. The Morgan fingerprint density at radius 2 is 2.10 bits per heavy atom. The van der Waals surface area contributed by atoms with Crippen molar-refractivity contribution in [1.82, 2.24) is 0 Å². The Hall–Kier alpha value is -1.88. The molecule has 1 aromatic carbocycles. The molecule has 5 heteroatoms. The number of amides is 1. The molecule has 1 aliphatic heterocycles. The topological polar surface area (TPSA) is 86.6 Å². The number of carbonyl (C=O) groups excluding carboxylic acids is 1. The maximum atomic E-state index is 11.5. The highest BCUT2D eigenvalue weighted by atomic mass is 16.4. The zero-order valence-corrected chi connectivity index (χ0v) is 12.0. The van der Waals surface area contributed by atoms with E-state index in [2.05, 4.69) is 5.32 Å². The Labute approximate surface area is 124 Å². The maximum Gasteiger partial charge on any atom is 0.303 e. The van der Waals surface area contributed by atoms with E-state index in [-0.39, 0.29) is 12.3 Å². The van der Waals surface area contributed by atoms with Crippen molar-refractivity contribution in [3.63, 3.8) is 0 Å². The van der Waals surface area contributed by atoms with Crippen LogP contribution < -0.4 is 5.32 Å². The van der Waals surface area contributed by atoms with E-state index < -0.39 is 12.1 Å². The third kappa shape index (κ3) is 4.56. The second-order valence-electron chi connectivity index (χ2n) is 5.47. The lowest BCUT2D eigenvalue weighted by Crippen LogP contribution is -2.09. The molecule has 114 valence electrons. The molecule has 1 aliphatic rings. The van der Waals surface area contributed by atoms with Gasteiger partial charge < -0.3 is 15.5 Å². The van der Waals surface area contributed by atoms with Gasteiger partial charge in [-0.25, -0.2) is 0 Å². The van der Waals surface area contributed by atoms with E-state index in [9.17, 15) is 14.7 Å². The summed E-state index contributed by atoms with van der Waals surface area (Å²) in [5.74, 6) is -0.763. The molecule has 0 radical (unpaired) electrons. The molecule has 1 unspecified atom stereocenters. The van der Waals surface area contributed by atoms with Crippen LogP contribution in [0.15, 0.2) is 18.2 Å². The second kappa shape index (κ2) is 7.22. The van der Waals surface area contributed by atoms with Gasteiger partial charge in [0.2, 0.25) is 5.91 Å². The number of hydrogen-bond donors (Lipinski definition) is 3. The van der Waals surface area contributed by atoms with Crippen molar-refractivity contribution in [2.24, 2.45) is 0 Å². The van der Waals surface area contributed by atoms with Gasteiger partial charge in [-0.2, -0.15) is 0 Å². The van der Waals surface area contributed by atoms with E-state index in [0.717, 1.165) is 29.7 Å². The fourth-order valence-electron chi connectivity index (χ4n) is 2.58. The number of carboxylic acids is 1. The molecule has 1 aromatic rings. The molecular formula is C16H21NO4. The van der Waals surface area contributed by atoms with Crippen molar-refractivity contribution in [3.8, 4) is 0 Å². The van der Waals surface area contributed by atoms with Gasteiger partial charge in [-0.15, -0.1) is 0 Å². The molecule has 0 aliphatic carbocycles. The minimum absolute atomic E-state index is 0.0377. The van der Waals surface area contributed by atoms with Crippen LogP contribution in [0.5, 0.6) is 0 Å². The summed E-state index contributed by atoms with van der Waals surface area (Å²) >= 11 is 0. The first-order chi connectivity index (χ1) is 10.1. The summed E-state index contributed by atoms with van der Waals surface area (Å²) in [6.07, 6.45) is 3.55. The average Bonchev–Trinajstić information content (AvgIpc) is 2.62. The van der Waals surface area contributed by atoms with Gasteiger partial charge in [0.1, 0.15) is 0 Å². The van der Waals surface area contributed by atoms with Crippen LogP contribution in [0, 0.1) is 0 Å². The summed E-state index contributed by atoms with van der Waals surface area (Å²) in [5.41, 5.74) is 2.72. The number of hydrogen-bond acceptors (Lipinski definition) is 3. The van der Waals surface area contributed by atoms with Gasteiger partial charge in [-0.05, 0) is 49.3 Å². The van der Waals surface area contributed by atoms with Gasteiger partial charge in [-0.1, -0.05) is 12.1 Å². The molecule has 0 spiro atoms. The van der Waals surface area contributed by atoms with Gasteiger partial charge in [0.15, 0.2) is 0 Å². The number of aliphatic carboxylic acids is 1. The summed E-state index contributed by atoms with van der Waals surface area (Å²) in [6.45, 7) is 0. The number of benzene rings is 1. The minimum Gasteiger partial charge on any atom is -0.481 e. The van der Waals surface area contributed by atoms with E-state index in [0.29, 0.717) is 25.7 Å². The lowest BCUT2D eigenvalue weighted by atomic mass is 9.98. The van der Waals surface area contributed by atoms with Crippen LogP contribution in [-0.2, 0) is 16.0 Å². The third-order valence-electron chi connectivity index (χ3n) is 3.76. The predicted molar refractivity (Wildman–Crippen MR) is 79.1 cm³/mol. The zero-order valence-electron chi connectivity index (χ0n) is 12.0. The molecular weight excluding hydrogens is 270 g/mol. The first kappa shape index (κ1) is 15.5. The lowest BCUT2D eigenvalue weighted by molar-refractivity contribution is -0.137. The van der Waals surface area contributed by atoms with Crippen LogP contribution in [0.4, 0.5) is 5.69 Å². The van der Waals surface area contributed by atoms with Crippen LogP contribution in [0.2, 0.25) is 0 Å². The van der Waals surface area contributed by atoms with E-state index in [1.54, 1.807) is 0 Å². The fourth-order valence-corrected chi connectivity index (χ4v) is 2.58. The molecule has 0 fully saturated rings. The standard InChI is InChI=1S/C16H21NO4/c18-14(5-1-2-7-16(20)21)12-8-9-13-11(10-12)4-3-6-15(19)17-13/h8-10,14,18H,1-7H2,(H,17,19)(H,20,21). The Morgan fingerprint density at radius 3 is 2.86 bits per heavy atom.